The van der Waals surface area contributed by atoms with Crippen molar-refractivity contribution in [1.82, 2.24) is 9.88 Å². The minimum Gasteiger partial charge on any atom is -0.474 e. The summed E-state index contributed by atoms with van der Waals surface area (Å²) in [5, 5.41) is 0.606. The Labute approximate surface area is 136 Å². The molecule has 0 aromatic carbocycles. The first-order chi connectivity index (χ1) is 10.7. The van der Waals surface area contributed by atoms with E-state index in [0.717, 1.165) is 45.2 Å². The SMILES string of the molecule is O=C([C@@H]1CC=CCC1)N1CCC(Oc2ccc(Cl)cn2)CC1. The Kier molecular flexibility index (Phi) is 4.98. The second kappa shape index (κ2) is 7.14. The van der Waals surface area contributed by atoms with Gasteiger partial charge in [-0.3, -0.25) is 4.79 Å². The van der Waals surface area contributed by atoms with Crippen molar-refractivity contribution in [3.63, 3.8) is 0 Å². The molecule has 0 unspecified atom stereocenters. The van der Waals surface area contributed by atoms with Gasteiger partial charge in [0.05, 0.1) is 5.02 Å². The molecule has 118 valence electrons. The Hall–Kier alpha value is -1.55. The van der Waals surface area contributed by atoms with Crippen LogP contribution in [0, 0.1) is 5.92 Å². The van der Waals surface area contributed by atoms with E-state index >= 15 is 0 Å². The van der Waals surface area contributed by atoms with E-state index in [1.54, 1.807) is 18.3 Å². The van der Waals surface area contributed by atoms with Gasteiger partial charge in [0.25, 0.3) is 0 Å². The Balaban J connectivity index is 1.48. The highest BCUT2D eigenvalue weighted by molar-refractivity contribution is 6.30. The molecule has 1 saturated heterocycles. The predicted octanol–water partition coefficient (Wildman–Crippen LogP) is 3.46. The zero-order valence-electron chi connectivity index (χ0n) is 12.6. The molecule has 1 fully saturated rings. The number of rotatable bonds is 3. The molecule has 22 heavy (non-hydrogen) atoms. The van der Waals surface area contributed by atoms with Gasteiger partial charge in [0.1, 0.15) is 6.10 Å². The van der Waals surface area contributed by atoms with E-state index in [1.807, 2.05) is 4.90 Å². The van der Waals surface area contributed by atoms with E-state index in [1.165, 1.54) is 0 Å². The summed E-state index contributed by atoms with van der Waals surface area (Å²) in [5.41, 5.74) is 0. The maximum atomic E-state index is 12.5. The van der Waals surface area contributed by atoms with Crippen LogP contribution in [-0.4, -0.2) is 35.0 Å². The fraction of sp³-hybridized carbons (Fsp3) is 0.529. The number of ether oxygens (including phenoxy) is 1. The molecule has 5 heteroatoms. The molecule has 2 heterocycles. The molecule has 4 nitrogen and oxygen atoms in total. The summed E-state index contributed by atoms with van der Waals surface area (Å²) < 4.78 is 5.86. The summed E-state index contributed by atoms with van der Waals surface area (Å²) in [7, 11) is 0. The molecule has 1 aromatic heterocycles. The maximum Gasteiger partial charge on any atom is 0.226 e. The lowest BCUT2D eigenvalue weighted by Crippen LogP contribution is -2.44. The second-order valence-corrected chi connectivity index (χ2v) is 6.37. The summed E-state index contributed by atoms with van der Waals surface area (Å²) in [4.78, 5) is 18.6. The van der Waals surface area contributed by atoms with Crippen LogP contribution in [0.4, 0.5) is 0 Å². The minimum atomic E-state index is 0.129. The van der Waals surface area contributed by atoms with Gasteiger partial charge < -0.3 is 9.64 Å². The van der Waals surface area contributed by atoms with E-state index < -0.39 is 0 Å². The van der Waals surface area contributed by atoms with Crippen molar-refractivity contribution in [2.24, 2.45) is 5.92 Å². The highest BCUT2D eigenvalue weighted by Crippen LogP contribution is 2.24. The first-order valence-corrected chi connectivity index (χ1v) is 8.32. The molecule has 2 aliphatic rings. The van der Waals surface area contributed by atoms with Crippen LogP contribution < -0.4 is 4.74 Å². The van der Waals surface area contributed by atoms with Gasteiger partial charge in [-0.1, -0.05) is 23.8 Å². The molecule has 0 bridgehead atoms. The van der Waals surface area contributed by atoms with Crippen LogP contribution in [0.3, 0.4) is 0 Å². The van der Waals surface area contributed by atoms with E-state index in [2.05, 4.69) is 17.1 Å². The molecule has 0 spiro atoms. The number of hydrogen-bond acceptors (Lipinski definition) is 3. The lowest BCUT2D eigenvalue weighted by molar-refractivity contribution is -0.137. The lowest BCUT2D eigenvalue weighted by Gasteiger charge is -2.34. The third kappa shape index (κ3) is 3.80. The summed E-state index contributed by atoms with van der Waals surface area (Å²) in [6.45, 7) is 1.55. The monoisotopic (exact) mass is 320 g/mol. The summed E-state index contributed by atoms with van der Waals surface area (Å²) in [5.74, 6) is 1.10. The molecule has 1 aliphatic carbocycles. The van der Waals surface area contributed by atoms with Crippen molar-refractivity contribution in [1.29, 1.82) is 0 Å². The Morgan fingerprint density at radius 3 is 2.68 bits per heavy atom. The zero-order valence-corrected chi connectivity index (χ0v) is 13.3. The van der Waals surface area contributed by atoms with Crippen LogP contribution in [-0.2, 0) is 4.79 Å². The zero-order chi connectivity index (χ0) is 15.4. The number of likely N-dealkylation sites (tertiary alicyclic amines) is 1. The third-order valence-electron chi connectivity index (χ3n) is 4.36. The lowest BCUT2D eigenvalue weighted by atomic mass is 9.92. The summed E-state index contributed by atoms with van der Waals surface area (Å²) in [6.07, 6.45) is 10.6. The van der Waals surface area contributed by atoms with Crippen molar-refractivity contribution >= 4 is 17.5 Å². The van der Waals surface area contributed by atoms with Gasteiger partial charge in [-0.25, -0.2) is 4.98 Å². The molecule has 0 radical (unpaired) electrons. The molecular formula is C17H21ClN2O2. The van der Waals surface area contributed by atoms with Crippen molar-refractivity contribution < 1.29 is 9.53 Å². The maximum absolute atomic E-state index is 12.5. The van der Waals surface area contributed by atoms with Crippen LogP contribution >= 0.6 is 11.6 Å². The fourth-order valence-electron chi connectivity index (χ4n) is 3.07. The van der Waals surface area contributed by atoms with Gasteiger partial charge in [0.15, 0.2) is 0 Å². The van der Waals surface area contributed by atoms with Gasteiger partial charge in [-0.05, 0) is 25.3 Å². The molecule has 0 saturated carbocycles. The number of hydrogen-bond donors (Lipinski definition) is 0. The van der Waals surface area contributed by atoms with E-state index in [9.17, 15) is 4.79 Å². The van der Waals surface area contributed by atoms with Gasteiger partial charge in [-0.15, -0.1) is 0 Å². The number of aromatic nitrogens is 1. The molecule has 1 amide bonds. The summed E-state index contributed by atoms with van der Waals surface area (Å²) in [6, 6.07) is 3.56. The number of piperidine rings is 1. The van der Waals surface area contributed by atoms with Gasteiger partial charge >= 0.3 is 0 Å². The van der Waals surface area contributed by atoms with Gasteiger partial charge in [-0.2, -0.15) is 0 Å². The van der Waals surface area contributed by atoms with Crippen molar-refractivity contribution in [2.75, 3.05) is 13.1 Å². The van der Waals surface area contributed by atoms with Crippen LogP contribution in [0.2, 0.25) is 5.02 Å². The second-order valence-electron chi connectivity index (χ2n) is 5.94. The van der Waals surface area contributed by atoms with Crippen LogP contribution in [0.25, 0.3) is 0 Å². The molecular weight excluding hydrogens is 300 g/mol. The molecule has 1 aliphatic heterocycles. The van der Waals surface area contributed by atoms with Crippen molar-refractivity contribution in [3.8, 4) is 5.88 Å². The Morgan fingerprint density at radius 2 is 2.05 bits per heavy atom. The number of carbonyl (C=O) groups is 1. The van der Waals surface area contributed by atoms with Crippen LogP contribution in [0.5, 0.6) is 5.88 Å². The van der Waals surface area contributed by atoms with E-state index in [-0.39, 0.29) is 12.0 Å². The average Bonchev–Trinajstić information content (AvgIpc) is 2.58. The molecule has 0 N–H and O–H groups in total. The first-order valence-electron chi connectivity index (χ1n) is 7.94. The van der Waals surface area contributed by atoms with E-state index in [4.69, 9.17) is 16.3 Å². The highest BCUT2D eigenvalue weighted by atomic mass is 35.5. The van der Waals surface area contributed by atoms with Crippen molar-refractivity contribution in [2.45, 2.75) is 38.2 Å². The number of allylic oxidation sites excluding steroid dienone is 2. The highest BCUT2D eigenvalue weighted by Gasteiger charge is 2.28. The standard InChI is InChI=1S/C17H21ClN2O2/c18-14-6-7-16(19-12-14)22-15-8-10-20(11-9-15)17(21)13-4-2-1-3-5-13/h1-2,6-7,12-13,15H,3-5,8-11H2/t13-/m1/s1. The summed E-state index contributed by atoms with van der Waals surface area (Å²) >= 11 is 5.82. The van der Waals surface area contributed by atoms with Gasteiger partial charge in [0, 0.05) is 44.1 Å². The number of carbonyl (C=O) groups excluding carboxylic acids is 1. The average molecular weight is 321 g/mol. The topological polar surface area (TPSA) is 42.4 Å². The minimum absolute atomic E-state index is 0.129. The smallest absolute Gasteiger partial charge is 0.226 e. The van der Waals surface area contributed by atoms with Crippen molar-refractivity contribution in [3.05, 3.63) is 35.5 Å². The fourth-order valence-corrected chi connectivity index (χ4v) is 3.18. The Bertz CT molecular complexity index is 536. The Morgan fingerprint density at radius 1 is 1.23 bits per heavy atom. The van der Waals surface area contributed by atoms with Gasteiger partial charge in [0.2, 0.25) is 11.8 Å². The number of amides is 1. The largest absolute Gasteiger partial charge is 0.474 e. The van der Waals surface area contributed by atoms with Crippen LogP contribution in [0.15, 0.2) is 30.5 Å². The van der Waals surface area contributed by atoms with Crippen LogP contribution in [0.1, 0.15) is 32.1 Å². The number of halogens is 1. The molecule has 3 rings (SSSR count). The number of nitrogens with zero attached hydrogens (tertiary/aromatic N) is 2. The normalized spacial score (nSPS) is 22.6. The molecule has 1 aromatic rings. The number of pyridine rings is 1. The predicted molar refractivity (Wildman–Crippen MR) is 86.0 cm³/mol. The third-order valence-corrected chi connectivity index (χ3v) is 4.58. The van der Waals surface area contributed by atoms with E-state index in [0.29, 0.717) is 16.8 Å². The molecule has 1 atom stereocenters. The first kappa shape index (κ1) is 15.3. The quantitative estimate of drug-likeness (QED) is 0.801.